The molecule has 8 heteroatoms. The molecule has 27 heavy (non-hydrogen) atoms. The summed E-state index contributed by atoms with van der Waals surface area (Å²) in [4.78, 5) is 14.0. The van der Waals surface area contributed by atoms with Crippen LogP contribution in [0.1, 0.15) is 32.8 Å². The van der Waals surface area contributed by atoms with E-state index in [1.807, 2.05) is 24.1 Å². The Hall–Kier alpha value is -2.95. The Bertz CT molecular complexity index is 761. The number of benzene rings is 1. The van der Waals surface area contributed by atoms with Gasteiger partial charge in [0.25, 0.3) is 0 Å². The predicted octanol–water partition coefficient (Wildman–Crippen LogP) is 2.55. The maximum atomic E-state index is 12.1. The van der Waals surface area contributed by atoms with Crippen LogP contribution in [-0.4, -0.2) is 49.6 Å². The molecule has 0 fully saturated rings. The van der Waals surface area contributed by atoms with Crippen LogP contribution < -0.4 is 10.6 Å². The van der Waals surface area contributed by atoms with Gasteiger partial charge < -0.3 is 0 Å². The van der Waals surface area contributed by atoms with Crippen LogP contribution in [-0.2, 0) is 9.39 Å². The first-order valence-corrected chi connectivity index (χ1v) is 8.79. The normalized spacial score (nSPS) is 14.4. The third-order valence-electron chi connectivity index (χ3n) is 3.95. The number of hydrogen-bond acceptors (Lipinski definition) is 6. The molecule has 0 saturated carbocycles. The van der Waals surface area contributed by atoms with Crippen molar-refractivity contribution in [2.75, 3.05) is 25.5 Å². The van der Waals surface area contributed by atoms with Gasteiger partial charge >= 0.3 is 160 Å². The first-order valence-electron chi connectivity index (χ1n) is 8.79. The zero-order valence-corrected chi connectivity index (χ0v) is 16.2. The second-order valence-corrected chi connectivity index (χ2v) is 7.09. The van der Waals surface area contributed by atoms with Gasteiger partial charge in [0, 0.05) is 0 Å². The van der Waals surface area contributed by atoms with E-state index in [4.69, 9.17) is 14.7 Å². The maximum absolute atomic E-state index is 12.1. The predicted molar refractivity (Wildman–Crippen MR) is 107 cm³/mol. The van der Waals surface area contributed by atoms with Crippen molar-refractivity contribution in [3.05, 3.63) is 35.9 Å². The average Bonchev–Trinajstić information content (AvgIpc) is 2.64. The number of carbonyl (C=O) groups is 1. The van der Waals surface area contributed by atoms with Crippen LogP contribution in [0, 0.1) is 11.5 Å². The minimum atomic E-state index is -0.611. The molecule has 0 atom stereocenters. The van der Waals surface area contributed by atoms with Gasteiger partial charge in [0.15, 0.2) is 0 Å². The van der Waals surface area contributed by atoms with E-state index in [1.54, 1.807) is 27.0 Å². The number of nitriles is 1. The fraction of sp³-hybridized carbons (Fsp3) is 0.421. The van der Waals surface area contributed by atoms with Crippen molar-refractivity contribution in [1.82, 2.24) is 10.2 Å². The van der Waals surface area contributed by atoms with Crippen molar-refractivity contribution in [2.45, 2.75) is 32.8 Å². The first-order chi connectivity index (χ1) is 12.8. The van der Waals surface area contributed by atoms with Gasteiger partial charge in [0.2, 0.25) is 0 Å². The number of nitrogens with zero attached hydrogens (tertiary/aromatic N) is 2. The molecule has 0 bridgehead atoms. The average molecular weight is 368 g/mol. The van der Waals surface area contributed by atoms with Gasteiger partial charge in [-0.25, -0.2) is 0 Å². The van der Waals surface area contributed by atoms with Crippen molar-refractivity contribution in [3.8, 4) is 6.26 Å². The molecule has 0 aromatic heterocycles. The Morgan fingerprint density at radius 1 is 1.30 bits per heavy atom. The van der Waals surface area contributed by atoms with Crippen molar-refractivity contribution in [1.29, 1.82) is 5.26 Å². The minimum absolute atomic E-state index is 0.395. The number of rotatable bonds is 5. The molecular weight excluding hydrogens is 343 g/mol. The number of alkyl carbamates (subject to hydrolysis) is 1. The Kier molecular flexibility index (Phi) is 6.88. The number of amides is 1. The number of ether oxygens (including phenoxy) is 1. The monoisotopic (exact) mass is 368 g/mol. The molecule has 142 valence electrons. The zero-order chi connectivity index (χ0) is 19.9. The van der Waals surface area contributed by atoms with Crippen LogP contribution in [0.15, 0.2) is 30.3 Å². The van der Waals surface area contributed by atoms with E-state index >= 15 is 0 Å². The van der Waals surface area contributed by atoms with Gasteiger partial charge in [0.05, 0.1) is 0 Å². The zero-order valence-electron chi connectivity index (χ0n) is 16.2. The van der Waals surface area contributed by atoms with Crippen LogP contribution in [0.25, 0.3) is 5.57 Å². The fourth-order valence-electron chi connectivity index (χ4n) is 2.67. The van der Waals surface area contributed by atoms with Gasteiger partial charge in [-0.2, -0.15) is 0 Å². The molecule has 1 aliphatic heterocycles. The third kappa shape index (κ3) is 6.37. The Balaban J connectivity index is 2.07. The van der Waals surface area contributed by atoms with Crippen LogP contribution in [0.2, 0.25) is 0 Å². The van der Waals surface area contributed by atoms with E-state index in [1.165, 1.54) is 18.3 Å². The summed E-state index contributed by atoms with van der Waals surface area (Å²) >= 11 is 0. The van der Waals surface area contributed by atoms with E-state index in [0.29, 0.717) is 18.8 Å². The van der Waals surface area contributed by atoms with Crippen LogP contribution >= 0.6 is 0 Å². The summed E-state index contributed by atoms with van der Waals surface area (Å²) in [5.74, 6) is 0. The topological polar surface area (TPSA) is 86.6 Å². The molecule has 1 aromatic rings. The second kappa shape index (κ2) is 9.13. The molecule has 1 heterocycles. The summed E-state index contributed by atoms with van der Waals surface area (Å²) in [5.41, 5.74) is 3.27. The SMILES string of the molecule is CNc1ccc(C2=CCN(C(=BOC#N)NC(=O)OC(C)(C)C)CC2)cc1. The summed E-state index contributed by atoms with van der Waals surface area (Å²) in [6, 6.07) is 8.25. The van der Waals surface area contributed by atoms with Crippen molar-refractivity contribution >= 4 is 30.2 Å². The van der Waals surface area contributed by atoms with Gasteiger partial charge in [0.1, 0.15) is 0 Å². The molecule has 0 aliphatic carbocycles. The van der Waals surface area contributed by atoms with Gasteiger partial charge in [-0.1, -0.05) is 0 Å². The van der Waals surface area contributed by atoms with Gasteiger partial charge in [-0.15, -0.1) is 0 Å². The number of hydrogen-bond donors (Lipinski definition) is 2. The Labute approximate surface area is 160 Å². The van der Waals surface area contributed by atoms with Gasteiger partial charge in [-0.3, -0.25) is 0 Å². The van der Waals surface area contributed by atoms with Crippen molar-refractivity contribution < 1.29 is 14.2 Å². The standard InChI is InChI=1S/C19H25BN4O3/c1-19(2,3)27-18(25)23-17(20-26-13-21)24-11-9-15(10-12-24)14-5-7-16(22-4)8-6-14/h5-9,22H,10-12H2,1-4H3,(H,23,25). The molecule has 1 amide bonds. The number of anilines is 1. The van der Waals surface area contributed by atoms with Gasteiger partial charge in [-0.05, 0) is 0 Å². The molecule has 0 radical (unpaired) electrons. The Morgan fingerprint density at radius 2 is 2.00 bits per heavy atom. The molecule has 2 rings (SSSR count). The Morgan fingerprint density at radius 3 is 2.52 bits per heavy atom. The summed E-state index contributed by atoms with van der Waals surface area (Å²) in [6.45, 7) is 6.63. The molecular formula is C19H25BN4O3. The van der Waals surface area contributed by atoms with Crippen LogP contribution in [0.5, 0.6) is 0 Å². The molecule has 0 saturated heterocycles. The summed E-state index contributed by atoms with van der Waals surface area (Å²) in [7, 11) is 3.12. The van der Waals surface area contributed by atoms with E-state index < -0.39 is 11.7 Å². The van der Waals surface area contributed by atoms with E-state index in [0.717, 1.165) is 12.1 Å². The quantitative estimate of drug-likeness (QED) is 0.614. The second-order valence-electron chi connectivity index (χ2n) is 7.09. The van der Waals surface area contributed by atoms with Crippen molar-refractivity contribution in [2.24, 2.45) is 0 Å². The molecule has 1 aliphatic rings. The van der Waals surface area contributed by atoms with E-state index in [2.05, 4.69) is 28.8 Å². The summed E-state index contributed by atoms with van der Waals surface area (Å²) in [5, 5.41) is 14.4. The molecule has 0 spiro atoms. The first kappa shape index (κ1) is 20.4. The van der Waals surface area contributed by atoms with E-state index in [-0.39, 0.29) is 0 Å². The number of nitrogens with one attached hydrogen (secondary N) is 2. The third-order valence-corrected chi connectivity index (χ3v) is 3.95. The molecule has 1 aromatic carbocycles. The molecule has 2 N–H and O–H groups in total. The summed E-state index contributed by atoms with van der Waals surface area (Å²) in [6.07, 6.45) is 3.91. The van der Waals surface area contributed by atoms with Crippen molar-refractivity contribution in [3.63, 3.8) is 0 Å². The fourth-order valence-corrected chi connectivity index (χ4v) is 2.67. The van der Waals surface area contributed by atoms with Crippen LogP contribution in [0.3, 0.4) is 0 Å². The van der Waals surface area contributed by atoms with E-state index in [9.17, 15) is 4.79 Å². The number of carbonyl (C=O) groups excluding carboxylic acids is 1. The molecule has 7 nitrogen and oxygen atoms in total. The van der Waals surface area contributed by atoms with Crippen LogP contribution in [0.4, 0.5) is 10.5 Å². The summed E-state index contributed by atoms with van der Waals surface area (Å²) < 4.78 is 9.99. The molecule has 0 unspecified atom stereocenters.